The number of hydrogen-bond acceptors (Lipinski definition) is 2. The summed E-state index contributed by atoms with van der Waals surface area (Å²) >= 11 is 0. The quantitative estimate of drug-likeness (QED) is 0.554. The van der Waals surface area contributed by atoms with Crippen molar-refractivity contribution in [1.82, 2.24) is 14.9 Å². The Balaban J connectivity index is 2.33. The summed E-state index contributed by atoms with van der Waals surface area (Å²) in [5.41, 5.74) is 1.41. The van der Waals surface area contributed by atoms with Crippen LogP contribution in [0.4, 0.5) is 0 Å². The van der Waals surface area contributed by atoms with Gasteiger partial charge in [-0.05, 0) is 39.8 Å². The Morgan fingerprint density at radius 1 is 1.41 bits per heavy atom. The lowest BCUT2D eigenvalue weighted by molar-refractivity contribution is 0.675. The van der Waals surface area contributed by atoms with Crippen molar-refractivity contribution in [2.75, 3.05) is 13.1 Å². The van der Waals surface area contributed by atoms with Crippen LogP contribution in [-0.2, 0) is 13.0 Å². The third-order valence-electron chi connectivity index (χ3n) is 2.82. The molecule has 0 fully saturated rings. The van der Waals surface area contributed by atoms with Gasteiger partial charge >= 0.3 is 0 Å². The highest BCUT2D eigenvalue weighted by Crippen LogP contribution is 2.06. The Kier molecular flexibility index (Phi) is 6.63. The van der Waals surface area contributed by atoms with Crippen LogP contribution in [0.15, 0.2) is 24.0 Å². The zero-order valence-electron chi connectivity index (χ0n) is 11.4. The van der Waals surface area contributed by atoms with E-state index >= 15 is 0 Å². The van der Waals surface area contributed by atoms with Crippen LogP contribution in [0.5, 0.6) is 0 Å². The smallest absolute Gasteiger partial charge is 0.112 e. The van der Waals surface area contributed by atoms with Gasteiger partial charge in [-0.1, -0.05) is 18.6 Å². The van der Waals surface area contributed by atoms with Crippen LogP contribution in [0.2, 0.25) is 0 Å². The van der Waals surface area contributed by atoms with Crippen LogP contribution in [-0.4, -0.2) is 22.6 Å². The van der Waals surface area contributed by atoms with Gasteiger partial charge in [-0.3, -0.25) is 0 Å². The fourth-order valence-electron chi connectivity index (χ4n) is 1.84. The van der Waals surface area contributed by atoms with Crippen LogP contribution < -0.4 is 5.32 Å². The van der Waals surface area contributed by atoms with E-state index in [0.717, 1.165) is 32.5 Å². The third-order valence-corrected chi connectivity index (χ3v) is 2.82. The fraction of sp³-hybridized carbons (Fsp3) is 0.643. The predicted octanol–water partition coefficient (Wildman–Crippen LogP) is 2.78. The lowest BCUT2D eigenvalue weighted by atomic mass is 10.1. The van der Waals surface area contributed by atoms with Gasteiger partial charge in [0.1, 0.15) is 5.82 Å². The second-order valence-electron chi connectivity index (χ2n) is 4.40. The first kappa shape index (κ1) is 14.0. The molecule has 3 nitrogen and oxygen atoms in total. The van der Waals surface area contributed by atoms with E-state index in [-0.39, 0.29) is 0 Å². The van der Waals surface area contributed by atoms with Gasteiger partial charge < -0.3 is 9.88 Å². The molecule has 1 aromatic rings. The van der Waals surface area contributed by atoms with E-state index in [9.17, 15) is 0 Å². The van der Waals surface area contributed by atoms with Gasteiger partial charge in [0.2, 0.25) is 0 Å². The van der Waals surface area contributed by atoms with Gasteiger partial charge in [-0.25, -0.2) is 4.98 Å². The van der Waals surface area contributed by atoms with E-state index in [1.807, 2.05) is 12.4 Å². The van der Waals surface area contributed by atoms with E-state index < -0.39 is 0 Å². The van der Waals surface area contributed by atoms with Crippen molar-refractivity contribution in [2.45, 2.75) is 46.6 Å². The SMILES string of the molecule is CCCNCCC=C(C)Cc1nccn1CC. The highest BCUT2D eigenvalue weighted by Gasteiger charge is 2.01. The van der Waals surface area contributed by atoms with E-state index in [0.29, 0.717) is 0 Å². The topological polar surface area (TPSA) is 29.9 Å². The van der Waals surface area contributed by atoms with Gasteiger partial charge in [0.25, 0.3) is 0 Å². The fourth-order valence-corrected chi connectivity index (χ4v) is 1.84. The molecule has 0 radical (unpaired) electrons. The molecule has 0 atom stereocenters. The first-order valence-electron chi connectivity index (χ1n) is 6.64. The van der Waals surface area contributed by atoms with E-state index in [4.69, 9.17) is 0 Å². The van der Waals surface area contributed by atoms with Gasteiger partial charge in [0.15, 0.2) is 0 Å². The Bertz CT molecular complexity index is 339. The summed E-state index contributed by atoms with van der Waals surface area (Å²) in [6, 6.07) is 0. The van der Waals surface area contributed by atoms with E-state index in [1.54, 1.807) is 0 Å². The summed E-state index contributed by atoms with van der Waals surface area (Å²) in [5, 5.41) is 3.41. The third kappa shape index (κ3) is 5.18. The second kappa shape index (κ2) is 8.07. The minimum absolute atomic E-state index is 0.967. The minimum Gasteiger partial charge on any atom is -0.335 e. The average molecular weight is 235 g/mol. The Labute approximate surface area is 105 Å². The molecular formula is C14H25N3. The monoisotopic (exact) mass is 235 g/mol. The molecule has 0 amide bonds. The molecule has 1 N–H and O–H groups in total. The standard InChI is InChI=1S/C14H25N3/c1-4-8-15-9-6-7-13(3)12-14-16-10-11-17(14)5-2/h7,10-11,15H,4-6,8-9,12H2,1-3H3. The molecule has 0 spiro atoms. The summed E-state index contributed by atoms with van der Waals surface area (Å²) in [4.78, 5) is 4.39. The van der Waals surface area contributed by atoms with Gasteiger partial charge in [-0.2, -0.15) is 0 Å². The highest BCUT2D eigenvalue weighted by molar-refractivity contribution is 5.08. The first-order valence-corrected chi connectivity index (χ1v) is 6.64. The molecule has 0 saturated heterocycles. The highest BCUT2D eigenvalue weighted by atomic mass is 15.0. The molecule has 1 rings (SSSR count). The van der Waals surface area contributed by atoms with Gasteiger partial charge in [0.05, 0.1) is 0 Å². The Morgan fingerprint density at radius 2 is 2.24 bits per heavy atom. The molecular weight excluding hydrogens is 210 g/mol. The molecule has 0 saturated carbocycles. The first-order chi connectivity index (χ1) is 8.27. The zero-order valence-corrected chi connectivity index (χ0v) is 11.4. The molecule has 1 aromatic heterocycles. The van der Waals surface area contributed by atoms with Crippen LogP contribution in [0.3, 0.4) is 0 Å². The molecule has 0 unspecified atom stereocenters. The summed E-state index contributed by atoms with van der Waals surface area (Å²) in [6.45, 7) is 9.73. The normalized spacial score (nSPS) is 12.1. The molecule has 3 heteroatoms. The summed E-state index contributed by atoms with van der Waals surface area (Å²) < 4.78 is 2.20. The van der Waals surface area contributed by atoms with Crippen LogP contribution in [0, 0.1) is 0 Å². The van der Waals surface area contributed by atoms with Crippen molar-refractivity contribution < 1.29 is 0 Å². The number of nitrogens with one attached hydrogen (secondary N) is 1. The predicted molar refractivity (Wildman–Crippen MR) is 73.1 cm³/mol. The van der Waals surface area contributed by atoms with Crippen LogP contribution in [0.25, 0.3) is 0 Å². The number of hydrogen-bond donors (Lipinski definition) is 1. The largest absolute Gasteiger partial charge is 0.335 e. The minimum atomic E-state index is 0.967. The molecule has 96 valence electrons. The number of allylic oxidation sites excluding steroid dienone is 1. The van der Waals surface area contributed by atoms with Crippen molar-refractivity contribution in [2.24, 2.45) is 0 Å². The number of aryl methyl sites for hydroxylation is 1. The van der Waals surface area contributed by atoms with Crippen LogP contribution in [0.1, 0.15) is 39.4 Å². The molecule has 1 heterocycles. The lowest BCUT2D eigenvalue weighted by Crippen LogP contribution is -2.15. The summed E-state index contributed by atoms with van der Waals surface area (Å²) in [7, 11) is 0. The number of aromatic nitrogens is 2. The van der Waals surface area contributed by atoms with Gasteiger partial charge in [0, 0.05) is 25.4 Å². The maximum absolute atomic E-state index is 4.39. The van der Waals surface area contributed by atoms with Crippen molar-refractivity contribution in [1.29, 1.82) is 0 Å². The Hall–Kier alpha value is -1.09. The lowest BCUT2D eigenvalue weighted by Gasteiger charge is -2.05. The zero-order chi connectivity index (χ0) is 12.5. The van der Waals surface area contributed by atoms with E-state index in [1.165, 1.54) is 17.8 Å². The molecule has 0 aromatic carbocycles. The molecule has 0 aliphatic carbocycles. The maximum Gasteiger partial charge on any atom is 0.112 e. The van der Waals surface area contributed by atoms with Crippen LogP contribution >= 0.6 is 0 Å². The average Bonchev–Trinajstić information content (AvgIpc) is 2.76. The van der Waals surface area contributed by atoms with Gasteiger partial charge in [-0.15, -0.1) is 0 Å². The van der Waals surface area contributed by atoms with Crippen molar-refractivity contribution >= 4 is 0 Å². The summed E-state index contributed by atoms with van der Waals surface area (Å²) in [6.07, 6.45) is 9.53. The molecule has 0 aliphatic heterocycles. The molecule has 0 aliphatic rings. The summed E-state index contributed by atoms with van der Waals surface area (Å²) in [5.74, 6) is 1.17. The van der Waals surface area contributed by atoms with Crippen molar-refractivity contribution in [3.8, 4) is 0 Å². The van der Waals surface area contributed by atoms with Crippen molar-refractivity contribution in [3.63, 3.8) is 0 Å². The number of imidazole rings is 1. The number of rotatable bonds is 8. The van der Waals surface area contributed by atoms with Crippen molar-refractivity contribution in [3.05, 3.63) is 29.9 Å². The van der Waals surface area contributed by atoms with E-state index in [2.05, 4.69) is 41.7 Å². The number of nitrogens with zero attached hydrogens (tertiary/aromatic N) is 2. The maximum atomic E-state index is 4.39. The molecule has 0 bridgehead atoms. The second-order valence-corrected chi connectivity index (χ2v) is 4.40. The molecule has 17 heavy (non-hydrogen) atoms. The Morgan fingerprint density at radius 3 is 2.94 bits per heavy atom.